The molecular formula is C22H26N4O2. The minimum atomic E-state index is -0.316. The van der Waals surface area contributed by atoms with Crippen LogP contribution in [0, 0.1) is 0 Å². The molecule has 1 atom stereocenters. The fourth-order valence-electron chi connectivity index (χ4n) is 2.88. The van der Waals surface area contributed by atoms with Crippen molar-refractivity contribution >= 4 is 17.3 Å². The Hall–Kier alpha value is -3.12. The summed E-state index contributed by atoms with van der Waals surface area (Å²) in [6, 6.07) is 15.2. The van der Waals surface area contributed by atoms with Gasteiger partial charge in [0, 0.05) is 11.4 Å². The van der Waals surface area contributed by atoms with Gasteiger partial charge in [-0.2, -0.15) is 0 Å². The van der Waals surface area contributed by atoms with Crippen LogP contribution in [0.15, 0.2) is 59.2 Å². The fraction of sp³-hybridized carbons (Fsp3) is 0.273. The fourth-order valence-corrected chi connectivity index (χ4v) is 2.88. The van der Waals surface area contributed by atoms with Crippen LogP contribution in [0.25, 0.3) is 0 Å². The molecule has 0 aliphatic carbocycles. The first kappa shape index (κ1) is 19.6. The standard InChI is InChI=1S/C22H26N4O2/c1-2-3-4-19(24)22-26-20(14-28-22)21(27)25-18-11-7-16(8-12-18)13-15-5-9-17(23)10-6-15/h5-12,14,19H,2-4,13,23-24H2,1H3,(H,25,27). The number of oxazole rings is 1. The second-order valence-electron chi connectivity index (χ2n) is 6.89. The number of nitrogen functional groups attached to an aromatic ring is 1. The first-order valence-corrected chi connectivity index (χ1v) is 9.51. The Bertz CT molecular complexity index is 901. The maximum atomic E-state index is 12.4. The maximum absolute atomic E-state index is 12.4. The molecule has 0 spiro atoms. The number of nitrogens with two attached hydrogens (primary N) is 2. The van der Waals surface area contributed by atoms with E-state index in [0.717, 1.165) is 36.9 Å². The summed E-state index contributed by atoms with van der Waals surface area (Å²) in [5.41, 5.74) is 15.8. The smallest absolute Gasteiger partial charge is 0.277 e. The van der Waals surface area contributed by atoms with Gasteiger partial charge in [-0.25, -0.2) is 4.98 Å². The third kappa shape index (κ3) is 5.20. The summed E-state index contributed by atoms with van der Waals surface area (Å²) in [6.07, 6.45) is 4.99. The summed E-state index contributed by atoms with van der Waals surface area (Å²) in [6.45, 7) is 2.10. The molecule has 0 bridgehead atoms. The SMILES string of the molecule is CCCCC(N)c1nc(C(=O)Nc2ccc(Cc3ccc(N)cc3)cc2)co1. The van der Waals surface area contributed by atoms with E-state index in [0.29, 0.717) is 11.6 Å². The van der Waals surface area contributed by atoms with E-state index in [1.165, 1.54) is 11.8 Å². The molecule has 5 N–H and O–H groups in total. The molecule has 1 aromatic heterocycles. The lowest BCUT2D eigenvalue weighted by Crippen LogP contribution is -2.14. The van der Waals surface area contributed by atoms with Gasteiger partial charge >= 0.3 is 0 Å². The van der Waals surface area contributed by atoms with Gasteiger partial charge < -0.3 is 21.2 Å². The molecule has 6 heteroatoms. The van der Waals surface area contributed by atoms with Crippen molar-refractivity contribution in [3.63, 3.8) is 0 Å². The number of unbranched alkanes of at least 4 members (excludes halogenated alkanes) is 1. The van der Waals surface area contributed by atoms with Crippen molar-refractivity contribution in [3.8, 4) is 0 Å². The van der Waals surface area contributed by atoms with Crippen molar-refractivity contribution in [2.75, 3.05) is 11.1 Å². The molecule has 1 unspecified atom stereocenters. The highest BCUT2D eigenvalue weighted by Gasteiger charge is 2.16. The van der Waals surface area contributed by atoms with E-state index in [1.807, 2.05) is 48.5 Å². The minimum Gasteiger partial charge on any atom is -0.446 e. The number of nitrogens with one attached hydrogen (secondary N) is 1. The van der Waals surface area contributed by atoms with Crippen molar-refractivity contribution in [2.45, 2.75) is 38.6 Å². The molecule has 146 valence electrons. The number of benzene rings is 2. The molecular weight excluding hydrogens is 352 g/mol. The topological polar surface area (TPSA) is 107 Å². The molecule has 28 heavy (non-hydrogen) atoms. The van der Waals surface area contributed by atoms with Gasteiger partial charge in [0.25, 0.3) is 5.91 Å². The van der Waals surface area contributed by atoms with Crippen LogP contribution in [-0.2, 0) is 6.42 Å². The number of hydrogen-bond donors (Lipinski definition) is 3. The van der Waals surface area contributed by atoms with Crippen LogP contribution in [0.2, 0.25) is 0 Å². The van der Waals surface area contributed by atoms with E-state index in [2.05, 4.69) is 17.2 Å². The Labute approximate surface area is 165 Å². The van der Waals surface area contributed by atoms with Crippen LogP contribution < -0.4 is 16.8 Å². The van der Waals surface area contributed by atoms with Crippen LogP contribution in [0.1, 0.15) is 59.7 Å². The van der Waals surface area contributed by atoms with Crippen molar-refractivity contribution < 1.29 is 9.21 Å². The van der Waals surface area contributed by atoms with Gasteiger partial charge in [0.2, 0.25) is 5.89 Å². The van der Waals surface area contributed by atoms with Crippen LogP contribution in [0.3, 0.4) is 0 Å². The molecule has 6 nitrogen and oxygen atoms in total. The molecule has 0 aliphatic rings. The van der Waals surface area contributed by atoms with Gasteiger partial charge in [-0.3, -0.25) is 4.79 Å². The van der Waals surface area contributed by atoms with Crippen molar-refractivity contribution in [1.82, 2.24) is 4.98 Å². The molecule has 2 aromatic carbocycles. The molecule has 0 aliphatic heterocycles. The van der Waals surface area contributed by atoms with Crippen molar-refractivity contribution in [1.29, 1.82) is 0 Å². The zero-order valence-electron chi connectivity index (χ0n) is 16.0. The normalized spacial score (nSPS) is 11.9. The quantitative estimate of drug-likeness (QED) is 0.507. The van der Waals surface area contributed by atoms with Gasteiger partial charge in [0.15, 0.2) is 5.69 Å². The van der Waals surface area contributed by atoms with Crippen LogP contribution in [-0.4, -0.2) is 10.9 Å². The lowest BCUT2D eigenvalue weighted by molar-refractivity contribution is 0.102. The number of carbonyl (C=O) groups is 1. The van der Waals surface area contributed by atoms with Crippen LogP contribution in [0.4, 0.5) is 11.4 Å². The molecule has 0 fully saturated rings. The molecule has 3 rings (SSSR count). The second-order valence-corrected chi connectivity index (χ2v) is 6.89. The molecule has 1 heterocycles. The number of anilines is 2. The summed E-state index contributed by atoms with van der Waals surface area (Å²) >= 11 is 0. The Morgan fingerprint density at radius 1 is 1.11 bits per heavy atom. The number of amides is 1. The highest BCUT2D eigenvalue weighted by atomic mass is 16.3. The Morgan fingerprint density at radius 3 is 2.39 bits per heavy atom. The lowest BCUT2D eigenvalue weighted by Gasteiger charge is -2.06. The van der Waals surface area contributed by atoms with Gasteiger partial charge in [-0.15, -0.1) is 0 Å². The average Bonchev–Trinajstić information content (AvgIpc) is 3.20. The number of nitrogens with zero attached hydrogens (tertiary/aromatic N) is 1. The van der Waals surface area contributed by atoms with Crippen molar-refractivity contribution in [3.05, 3.63) is 77.5 Å². The highest BCUT2D eigenvalue weighted by molar-refractivity contribution is 6.02. The first-order chi connectivity index (χ1) is 13.5. The predicted octanol–water partition coefficient (Wildman–Crippen LogP) is 4.29. The first-order valence-electron chi connectivity index (χ1n) is 9.51. The highest BCUT2D eigenvalue weighted by Crippen LogP contribution is 2.18. The summed E-state index contributed by atoms with van der Waals surface area (Å²) in [5, 5.41) is 2.83. The van der Waals surface area contributed by atoms with E-state index < -0.39 is 0 Å². The number of carbonyl (C=O) groups excluding carboxylic acids is 1. The van der Waals surface area contributed by atoms with E-state index in [4.69, 9.17) is 15.9 Å². The summed E-state index contributed by atoms with van der Waals surface area (Å²) in [5.74, 6) is 0.0846. The number of rotatable bonds is 8. The Balaban J connectivity index is 1.58. The van der Waals surface area contributed by atoms with Crippen molar-refractivity contribution in [2.24, 2.45) is 5.73 Å². The van der Waals surface area contributed by atoms with Crippen LogP contribution >= 0.6 is 0 Å². The maximum Gasteiger partial charge on any atom is 0.277 e. The summed E-state index contributed by atoms with van der Waals surface area (Å²) in [4.78, 5) is 16.6. The zero-order chi connectivity index (χ0) is 19.9. The molecule has 3 aromatic rings. The van der Waals surface area contributed by atoms with E-state index in [9.17, 15) is 4.79 Å². The number of hydrogen-bond acceptors (Lipinski definition) is 5. The van der Waals surface area contributed by atoms with Gasteiger partial charge in [-0.05, 0) is 48.2 Å². The second kappa shape index (κ2) is 9.19. The van der Waals surface area contributed by atoms with E-state index in [1.54, 1.807) is 0 Å². The molecule has 0 saturated carbocycles. The predicted molar refractivity (Wildman–Crippen MR) is 111 cm³/mol. The van der Waals surface area contributed by atoms with Gasteiger partial charge in [0.05, 0.1) is 6.04 Å². The largest absolute Gasteiger partial charge is 0.446 e. The summed E-state index contributed by atoms with van der Waals surface area (Å²) in [7, 11) is 0. The number of aromatic nitrogens is 1. The Kier molecular flexibility index (Phi) is 6.45. The van der Waals surface area contributed by atoms with Gasteiger partial charge in [-0.1, -0.05) is 44.0 Å². The molecule has 0 radical (unpaired) electrons. The third-order valence-electron chi connectivity index (χ3n) is 4.54. The van der Waals surface area contributed by atoms with E-state index in [-0.39, 0.29) is 17.6 Å². The van der Waals surface area contributed by atoms with E-state index >= 15 is 0 Å². The lowest BCUT2D eigenvalue weighted by atomic mass is 10.0. The van der Waals surface area contributed by atoms with Gasteiger partial charge in [0.1, 0.15) is 6.26 Å². The molecule has 0 saturated heterocycles. The average molecular weight is 378 g/mol. The minimum absolute atomic E-state index is 0.230. The summed E-state index contributed by atoms with van der Waals surface area (Å²) < 4.78 is 5.37. The monoisotopic (exact) mass is 378 g/mol. The molecule has 1 amide bonds. The van der Waals surface area contributed by atoms with Crippen LogP contribution in [0.5, 0.6) is 0 Å². The Morgan fingerprint density at radius 2 is 1.75 bits per heavy atom. The third-order valence-corrected chi connectivity index (χ3v) is 4.54. The zero-order valence-corrected chi connectivity index (χ0v) is 16.0.